The topological polar surface area (TPSA) is 25.8 Å². The largest absolute Gasteiger partial charge is 0.207 e. The predicted molar refractivity (Wildman–Crippen MR) is 74.9 cm³/mol. The summed E-state index contributed by atoms with van der Waals surface area (Å²) in [5.41, 5.74) is 2.81. The Kier molecular flexibility index (Phi) is 3.02. The minimum atomic E-state index is -0.229. The summed E-state index contributed by atoms with van der Waals surface area (Å²) < 4.78 is 12.8. The molecule has 3 aromatic rings. The molecule has 0 aliphatic carbocycles. The quantitative estimate of drug-likeness (QED) is 0.688. The number of hydrogen-bond acceptors (Lipinski definition) is 2. The van der Waals surface area contributed by atoms with E-state index in [0.29, 0.717) is 0 Å². The van der Waals surface area contributed by atoms with Gasteiger partial charge in [-0.05, 0) is 23.8 Å². The predicted octanol–water partition coefficient (Wildman–Crippen LogP) is 3.94. The van der Waals surface area contributed by atoms with E-state index in [1.54, 1.807) is 18.3 Å². The highest BCUT2D eigenvalue weighted by atomic mass is 19.1. The van der Waals surface area contributed by atoms with Crippen molar-refractivity contribution >= 4 is 23.1 Å². The van der Waals surface area contributed by atoms with Crippen LogP contribution >= 0.6 is 0 Å². The molecule has 2 aromatic carbocycles. The van der Waals surface area contributed by atoms with Crippen molar-refractivity contribution in [3.8, 4) is 0 Å². The van der Waals surface area contributed by atoms with Crippen LogP contribution in [-0.2, 0) is 0 Å². The Morgan fingerprint density at radius 3 is 2.53 bits per heavy atom. The number of fused-ring (bicyclic) bond motifs is 1. The van der Waals surface area contributed by atoms with Crippen molar-refractivity contribution in [2.75, 3.05) is 0 Å². The highest BCUT2D eigenvalue weighted by Gasteiger charge is 1.98. The van der Waals surface area contributed by atoms with E-state index in [0.717, 1.165) is 22.0 Å². The number of rotatable bonds is 2. The van der Waals surface area contributed by atoms with Gasteiger partial charge in [0.25, 0.3) is 0 Å². The molecule has 0 radical (unpaired) electrons. The Hall–Kier alpha value is -2.55. The summed E-state index contributed by atoms with van der Waals surface area (Å²) in [5, 5.41) is 9.10. The molecule has 0 saturated heterocycles. The number of benzene rings is 2. The van der Waals surface area contributed by atoms with E-state index in [1.165, 1.54) is 12.1 Å². The van der Waals surface area contributed by atoms with Gasteiger partial charge in [0.05, 0.1) is 11.7 Å². The fourth-order valence-corrected chi connectivity index (χ4v) is 1.92. The van der Waals surface area contributed by atoms with Crippen molar-refractivity contribution in [3.63, 3.8) is 0 Å². The second kappa shape index (κ2) is 4.98. The van der Waals surface area contributed by atoms with Gasteiger partial charge >= 0.3 is 0 Å². The fraction of sp³-hybridized carbons (Fsp3) is 0. The zero-order valence-electron chi connectivity index (χ0n) is 10.1. The third-order valence-electron chi connectivity index (χ3n) is 2.90. The molecule has 1 heterocycles. The lowest BCUT2D eigenvalue weighted by Crippen LogP contribution is -1.86. The molecule has 0 amide bonds. The standard InChI is InChI=1S/C16H11FN2/c17-14-9-6-12(7-10-14)5-8-13-11-18-19-16-4-2-1-3-15(13)16/h1-11H/b8-5+. The van der Waals surface area contributed by atoms with Crippen LogP contribution in [0.2, 0.25) is 0 Å². The first-order valence-corrected chi connectivity index (χ1v) is 5.97. The molecule has 0 N–H and O–H groups in total. The monoisotopic (exact) mass is 250 g/mol. The van der Waals surface area contributed by atoms with Gasteiger partial charge in [0, 0.05) is 10.9 Å². The highest BCUT2D eigenvalue weighted by molar-refractivity contribution is 5.89. The lowest BCUT2D eigenvalue weighted by atomic mass is 10.1. The smallest absolute Gasteiger partial charge is 0.123 e. The Balaban J connectivity index is 1.99. The molecule has 0 unspecified atom stereocenters. The minimum Gasteiger partial charge on any atom is -0.207 e. The fourth-order valence-electron chi connectivity index (χ4n) is 1.92. The van der Waals surface area contributed by atoms with Gasteiger partial charge in [-0.2, -0.15) is 10.2 Å². The minimum absolute atomic E-state index is 0.229. The summed E-state index contributed by atoms with van der Waals surface area (Å²) in [7, 11) is 0. The van der Waals surface area contributed by atoms with Crippen molar-refractivity contribution in [2.45, 2.75) is 0 Å². The van der Waals surface area contributed by atoms with Crippen LogP contribution in [0.1, 0.15) is 11.1 Å². The van der Waals surface area contributed by atoms with E-state index in [1.807, 2.05) is 36.4 Å². The molecule has 19 heavy (non-hydrogen) atoms. The number of aromatic nitrogens is 2. The molecule has 3 heteroatoms. The molecular formula is C16H11FN2. The zero-order valence-corrected chi connectivity index (χ0v) is 10.1. The van der Waals surface area contributed by atoms with Gasteiger partial charge in [-0.25, -0.2) is 4.39 Å². The van der Waals surface area contributed by atoms with Gasteiger partial charge < -0.3 is 0 Å². The summed E-state index contributed by atoms with van der Waals surface area (Å²) in [6.45, 7) is 0. The van der Waals surface area contributed by atoms with E-state index in [4.69, 9.17) is 0 Å². The van der Waals surface area contributed by atoms with Crippen LogP contribution in [-0.4, -0.2) is 10.2 Å². The Morgan fingerprint density at radius 2 is 1.68 bits per heavy atom. The van der Waals surface area contributed by atoms with Crippen molar-refractivity contribution in [3.05, 3.63) is 71.7 Å². The summed E-state index contributed by atoms with van der Waals surface area (Å²) in [6.07, 6.45) is 5.62. The van der Waals surface area contributed by atoms with Crippen molar-refractivity contribution < 1.29 is 4.39 Å². The van der Waals surface area contributed by atoms with Gasteiger partial charge in [0.15, 0.2) is 0 Å². The van der Waals surface area contributed by atoms with Crippen LogP contribution in [0.25, 0.3) is 23.1 Å². The number of nitrogens with zero attached hydrogens (tertiary/aromatic N) is 2. The molecule has 0 bridgehead atoms. The SMILES string of the molecule is Fc1ccc(/C=C/c2cnnc3ccccc23)cc1. The van der Waals surface area contributed by atoms with E-state index in [2.05, 4.69) is 10.2 Å². The summed E-state index contributed by atoms with van der Waals surface area (Å²) >= 11 is 0. The van der Waals surface area contributed by atoms with Gasteiger partial charge in [0.2, 0.25) is 0 Å². The lowest BCUT2D eigenvalue weighted by Gasteiger charge is -1.99. The molecule has 0 fully saturated rings. The second-order valence-electron chi connectivity index (χ2n) is 4.20. The molecule has 0 aliphatic rings. The van der Waals surface area contributed by atoms with E-state index in [-0.39, 0.29) is 5.82 Å². The third-order valence-corrected chi connectivity index (χ3v) is 2.90. The third kappa shape index (κ3) is 2.50. The summed E-state index contributed by atoms with van der Waals surface area (Å²) in [4.78, 5) is 0. The average molecular weight is 250 g/mol. The molecule has 92 valence electrons. The molecule has 0 saturated carbocycles. The Labute approximate surface area is 110 Å². The second-order valence-corrected chi connectivity index (χ2v) is 4.20. The Bertz CT molecular complexity index is 728. The highest BCUT2D eigenvalue weighted by Crippen LogP contribution is 2.17. The van der Waals surface area contributed by atoms with E-state index < -0.39 is 0 Å². The van der Waals surface area contributed by atoms with Gasteiger partial charge in [-0.1, -0.05) is 42.5 Å². The number of halogens is 1. The Morgan fingerprint density at radius 1 is 0.895 bits per heavy atom. The summed E-state index contributed by atoms with van der Waals surface area (Å²) in [5.74, 6) is -0.229. The van der Waals surface area contributed by atoms with Crippen LogP contribution in [0.5, 0.6) is 0 Å². The maximum atomic E-state index is 12.8. The molecule has 0 spiro atoms. The normalized spacial score (nSPS) is 11.2. The molecule has 3 rings (SSSR count). The molecule has 2 nitrogen and oxygen atoms in total. The first kappa shape index (κ1) is 11.5. The van der Waals surface area contributed by atoms with Gasteiger partial charge in [0.1, 0.15) is 5.82 Å². The van der Waals surface area contributed by atoms with Crippen LogP contribution < -0.4 is 0 Å². The first-order chi connectivity index (χ1) is 9.33. The van der Waals surface area contributed by atoms with E-state index in [9.17, 15) is 4.39 Å². The van der Waals surface area contributed by atoms with Crippen LogP contribution in [0, 0.1) is 5.82 Å². The number of hydrogen-bond donors (Lipinski definition) is 0. The maximum Gasteiger partial charge on any atom is 0.123 e. The first-order valence-electron chi connectivity index (χ1n) is 5.97. The van der Waals surface area contributed by atoms with Gasteiger partial charge in [-0.3, -0.25) is 0 Å². The van der Waals surface area contributed by atoms with Crippen molar-refractivity contribution in [2.24, 2.45) is 0 Å². The van der Waals surface area contributed by atoms with Crippen LogP contribution in [0.15, 0.2) is 54.7 Å². The summed E-state index contributed by atoms with van der Waals surface area (Å²) in [6, 6.07) is 14.2. The van der Waals surface area contributed by atoms with Crippen LogP contribution in [0.3, 0.4) is 0 Å². The average Bonchev–Trinajstić information content (AvgIpc) is 2.47. The molecule has 1 aromatic heterocycles. The molecule has 0 aliphatic heterocycles. The maximum absolute atomic E-state index is 12.8. The molecular weight excluding hydrogens is 239 g/mol. The lowest BCUT2D eigenvalue weighted by molar-refractivity contribution is 0.628. The zero-order chi connectivity index (χ0) is 13.1. The van der Waals surface area contributed by atoms with Gasteiger partial charge in [-0.15, -0.1) is 0 Å². The van der Waals surface area contributed by atoms with Crippen LogP contribution in [0.4, 0.5) is 4.39 Å². The molecule has 0 atom stereocenters. The van der Waals surface area contributed by atoms with Crippen molar-refractivity contribution in [1.29, 1.82) is 0 Å². The van der Waals surface area contributed by atoms with E-state index >= 15 is 0 Å². The van der Waals surface area contributed by atoms with Crippen molar-refractivity contribution in [1.82, 2.24) is 10.2 Å².